The van der Waals surface area contributed by atoms with Crippen LogP contribution < -0.4 is 14.8 Å². The highest BCUT2D eigenvalue weighted by atomic mass is 16.5. The molecule has 1 aliphatic rings. The molecule has 0 aliphatic carbocycles. The van der Waals surface area contributed by atoms with E-state index >= 15 is 0 Å². The maximum Gasteiger partial charge on any atom is 0.338 e. The van der Waals surface area contributed by atoms with Gasteiger partial charge in [-0.2, -0.15) is 10.1 Å². The number of hydrogen-bond donors (Lipinski definition) is 1. The molecule has 30 heavy (non-hydrogen) atoms. The molecule has 0 saturated carbocycles. The first-order valence-corrected chi connectivity index (χ1v) is 9.53. The van der Waals surface area contributed by atoms with Crippen LogP contribution in [-0.4, -0.2) is 41.6 Å². The largest absolute Gasteiger partial charge is 0.493 e. The fraction of sp³-hybridized carbons (Fsp3) is 0.227. The molecule has 0 amide bonds. The Bertz CT molecular complexity index is 1090. The lowest BCUT2D eigenvalue weighted by molar-refractivity contribution is -0.138. The minimum absolute atomic E-state index is 0.257. The Labute approximate surface area is 174 Å². The number of nitrogens with one attached hydrogen (secondary N) is 1. The fourth-order valence-corrected chi connectivity index (χ4v) is 3.55. The molecule has 154 valence electrons. The molecule has 0 saturated heterocycles. The molecule has 1 aliphatic heterocycles. The first kappa shape index (κ1) is 19.5. The van der Waals surface area contributed by atoms with Crippen molar-refractivity contribution in [2.24, 2.45) is 0 Å². The summed E-state index contributed by atoms with van der Waals surface area (Å²) < 4.78 is 17.9. The molecule has 2 heterocycles. The highest BCUT2D eigenvalue weighted by molar-refractivity contribution is 6.02. The predicted molar refractivity (Wildman–Crippen MR) is 111 cm³/mol. The third-order valence-electron chi connectivity index (χ3n) is 4.88. The second kappa shape index (κ2) is 8.28. The van der Waals surface area contributed by atoms with Crippen molar-refractivity contribution < 1.29 is 19.0 Å². The normalized spacial score (nSPS) is 15.2. The number of esters is 1. The standard InChI is InChI=1S/C22H22N4O4/c1-4-30-21(27)18-19(14-8-6-5-7-9-14)25-22-23-13-24-26(22)20(18)15-10-11-16(28-2)17(12-15)29-3/h5-13,20H,4H2,1-3H3,(H,23,24,25)/t20-/m1/s1. The quantitative estimate of drug-likeness (QED) is 0.629. The summed E-state index contributed by atoms with van der Waals surface area (Å²) in [6, 6.07) is 14.6. The monoisotopic (exact) mass is 406 g/mol. The van der Waals surface area contributed by atoms with Gasteiger partial charge in [0.2, 0.25) is 5.95 Å². The maximum atomic E-state index is 13.1. The minimum Gasteiger partial charge on any atom is -0.493 e. The summed E-state index contributed by atoms with van der Waals surface area (Å²) in [5.74, 6) is 1.25. The smallest absolute Gasteiger partial charge is 0.338 e. The van der Waals surface area contributed by atoms with Crippen molar-refractivity contribution in [3.05, 3.63) is 71.6 Å². The molecular formula is C22H22N4O4. The molecule has 0 radical (unpaired) electrons. The molecule has 0 bridgehead atoms. The van der Waals surface area contributed by atoms with Crippen molar-refractivity contribution in [1.82, 2.24) is 14.8 Å². The number of hydrogen-bond acceptors (Lipinski definition) is 7. The molecule has 1 N–H and O–H groups in total. The Kier molecular flexibility index (Phi) is 5.38. The molecule has 8 nitrogen and oxygen atoms in total. The van der Waals surface area contributed by atoms with E-state index in [0.29, 0.717) is 28.7 Å². The lowest BCUT2D eigenvalue weighted by atomic mass is 9.92. The zero-order chi connectivity index (χ0) is 21.1. The number of aromatic nitrogens is 3. The van der Waals surface area contributed by atoms with Gasteiger partial charge in [0.05, 0.1) is 32.1 Å². The van der Waals surface area contributed by atoms with E-state index in [-0.39, 0.29) is 6.61 Å². The number of rotatable bonds is 6. The van der Waals surface area contributed by atoms with Gasteiger partial charge in [-0.3, -0.25) is 0 Å². The number of carbonyl (C=O) groups is 1. The third kappa shape index (κ3) is 3.36. The van der Waals surface area contributed by atoms with Crippen molar-refractivity contribution in [1.29, 1.82) is 0 Å². The number of ether oxygens (including phenoxy) is 3. The Hall–Kier alpha value is -3.81. The summed E-state index contributed by atoms with van der Waals surface area (Å²) in [6.07, 6.45) is 1.45. The van der Waals surface area contributed by atoms with Crippen molar-refractivity contribution in [2.45, 2.75) is 13.0 Å². The molecule has 8 heteroatoms. The second-order valence-corrected chi connectivity index (χ2v) is 6.55. The summed E-state index contributed by atoms with van der Waals surface area (Å²) in [5, 5.41) is 7.61. The van der Waals surface area contributed by atoms with E-state index in [4.69, 9.17) is 14.2 Å². The van der Waals surface area contributed by atoms with Crippen LogP contribution in [0.1, 0.15) is 24.1 Å². The van der Waals surface area contributed by atoms with Gasteiger partial charge in [0, 0.05) is 0 Å². The van der Waals surface area contributed by atoms with Crippen LogP contribution in [0.25, 0.3) is 5.70 Å². The van der Waals surface area contributed by atoms with E-state index in [0.717, 1.165) is 11.1 Å². The van der Waals surface area contributed by atoms with Crippen LogP contribution >= 0.6 is 0 Å². The van der Waals surface area contributed by atoms with Crippen LogP contribution in [0.5, 0.6) is 11.5 Å². The predicted octanol–water partition coefficient (Wildman–Crippen LogP) is 3.28. The average Bonchev–Trinajstić information content (AvgIpc) is 3.26. The molecule has 2 aromatic carbocycles. The minimum atomic E-state index is -0.558. The first-order valence-electron chi connectivity index (χ1n) is 9.53. The van der Waals surface area contributed by atoms with Crippen LogP contribution in [0.4, 0.5) is 5.95 Å². The van der Waals surface area contributed by atoms with E-state index in [1.165, 1.54) is 6.33 Å². The van der Waals surface area contributed by atoms with Gasteiger partial charge in [-0.25, -0.2) is 9.48 Å². The molecule has 3 aromatic rings. The summed E-state index contributed by atoms with van der Waals surface area (Å²) in [5.41, 5.74) is 2.71. The number of anilines is 1. The highest BCUT2D eigenvalue weighted by Crippen LogP contribution is 2.41. The van der Waals surface area contributed by atoms with Crippen molar-refractivity contribution in [2.75, 3.05) is 26.1 Å². The van der Waals surface area contributed by atoms with Crippen LogP contribution in [-0.2, 0) is 9.53 Å². The van der Waals surface area contributed by atoms with Crippen LogP contribution in [0.3, 0.4) is 0 Å². The van der Waals surface area contributed by atoms with Crippen molar-refractivity contribution in [3.63, 3.8) is 0 Å². The first-order chi connectivity index (χ1) is 14.7. The van der Waals surface area contributed by atoms with Gasteiger partial charge < -0.3 is 19.5 Å². The Morgan fingerprint density at radius 3 is 2.57 bits per heavy atom. The Morgan fingerprint density at radius 2 is 1.87 bits per heavy atom. The molecule has 1 atom stereocenters. The number of nitrogens with zero attached hydrogens (tertiary/aromatic N) is 3. The number of methoxy groups -OCH3 is 2. The van der Waals surface area contributed by atoms with Crippen LogP contribution in [0, 0.1) is 0 Å². The SMILES string of the molecule is CCOC(=O)C1=C(c2ccccc2)Nc2ncnn2[C@@H]1c1ccc(OC)c(OC)c1. The summed E-state index contributed by atoms with van der Waals surface area (Å²) in [6.45, 7) is 2.04. The van der Waals surface area contributed by atoms with Gasteiger partial charge in [0.1, 0.15) is 12.4 Å². The van der Waals surface area contributed by atoms with Gasteiger partial charge in [0.15, 0.2) is 11.5 Å². The van der Waals surface area contributed by atoms with Gasteiger partial charge in [-0.1, -0.05) is 36.4 Å². The molecule has 1 aromatic heterocycles. The highest BCUT2D eigenvalue weighted by Gasteiger charge is 2.36. The zero-order valence-corrected chi connectivity index (χ0v) is 17.0. The van der Waals surface area contributed by atoms with E-state index in [1.54, 1.807) is 31.9 Å². The molecular weight excluding hydrogens is 384 g/mol. The fourth-order valence-electron chi connectivity index (χ4n) is 3.55. The van der Waals surface area contributed by atoms with Crippen LogP contribution in [0.2, 0.25) is 0 Å². The lowest BCUT2D eigenvalue weighted by Gasteiger charge is -2.29. The molecule has 0 spiro atoms. The van der Waals surface area contributed by atoms with Gasteiger partial charge in [0.25, 0.3) is 0 Å². The van der Waals surface area contributed by atoms with E-state index < -0.39 is 12.0 Å². The van der Waals surface area contributed by atoms with Crippen molar-refractivity contribution >= 4 is 17.6 Å². The zero-order valence-electron chi connectivity index (χ0n) is 17.0. The van der Waals surface area contributed by atoms with Crippen molar-refractivity contribution in [3.8, 4) is 11.5 Å². The molecule has 4 rings (SSSR count). The van der Waals surface area contributed by atoms with E-state index in [9.17, 15) is 4.79 Å². The summed E-state index contributed by atoms with van der Waals surface area (Å²) >= 11 is 0. The number of fused-ring (bicyclic) bond motifs is 1. The lowest BCUT2D eigenvalue weighted by Crippen LogP contribution is -2.30. The number of benzene rings is 2. The van der Waals surface area contributed by atoms with Gasteiger partial charge in [-0.15, -0.1) is 0 Å². The summed E-state index contributed by atoms with van der Waals surface area (Å²) in [4.78, 5) is 17.5. The Balaban J connectivity index is 1.96. The Morgan fingerprint density at radius 1 is 1.10 bits per heavy atom. The van der Waals surface area contributed by atoms with E-state index in [1.807, 2.05) is 42.5 Å². The molecule has 0 fully saturated rings. The summed E-state index contributed by atoms with van der Waals surface area (Å²) in [7, 11) is 3.15. The van der Waals surface area contributed by atoms with Gasteiger partial charge in [-0.05, 0) is 30.2 Å². The van der Waals surface area contributed by atoms with E-state index in [2.05, 4.69) is 15.4 Å². The topological polar surface area (TPSA) is 87.5 Å². The van der Waals surface area contributed by atoms with Crippen LogP contribution in [0.15, 0.2) is 60.4 Å². The third-order valence-corrected chi connectivity index (χ3v) is 4.88. The maximum absolute atomic E-state index is 13.1. The van der Waals surface area contributed by atoms with Gasteiger partial charge >= 0.3 is 5.97 Å². The molecule has 0 unspecified atom stereocenters. The second-order valence-electron chi connectivity index (χ2n) is 6.55. The number of carbonyl (C=O) groups excluding carboxylic acids is 1. The average molecular weight is 406 g/mol.